The van der Waals surface area contributed by atoms with Crippen LogP contribution in [0.25, 0.3) is 0 Å². The fraction of sp³-hybridized carbons (Fsp3) is 0.500. The Balaban J connectivity index is 1.87. The maximum absolute atomic E-state index is 12.0. The average molecular weight is 288 g/mol. The minimum Gasteiger partial charge on any atom is -0.495 e. The molecule has 2 rings (SSSR count). The first kappa shape index (κ1) is 15.3. The molecule has 1 aromatic rings. The highest BCUT2D eigenvalue weighted by Crippen LogP contribution is 2.33. The molecule has 0 bridgehead atoms. The smallest absolute Gasteiger partial charge is 0.224 e. The van der Waals surface area contributed by atoms with Gasteiger partial charge < -0.3 is 14.8 Å². The van der Waals surface area contributed by atoms with Gasteiger partial charge >= 0.3 is 0 Å². The van der Waals surface area contributed by atoms with Crippen molar-refractivity contribution in [1.29, 1.82) is 5.26 Å². The number of anilines is 1. The molecule has 1 amide bonds. The summed E-state index contributed by atoms with van der Waals surface area (Å²) < 4.78 is 10.7. The molecule has 0 heterocycles. The normalized spacial score (nSPS) is 20.2. The molecule has 21 heavy (non-hydrogen) atoms. The van der Waals surface area contributed by atoms with Crippen LogP contribution < -0.4 is 10.1 Å². The van der Waals surface area contributed by atoms with E-state index in [4.69, 9.17) is 14.7 Å². The lowest BCUT2D eigenvalue weighted by atomic mass is 9.80. The summed E-state index contributed by atoms with van der Waals surface area (Å²) in [5, 5.41) is 11.7. The van der Waals surface area contributed by atoms with Crippen molar-refractivity contribution in [2.45, 2.75) is 32.3 Å². The molecular formula is C16H20N2O3. The van der Waals surface area contributed by atoms with Crippen LogP contribution >= 0.6 is 0 Å². The van der Waals surface area contributed by atoms with Gasteiger partial charge in [0.2, 0.25) is 5.91 Å². The van der Waals surface area contributed by atoms with Crippen molar-refractivity contribution in [2.75, 3.05) is 19.0 Å². The number of nitriles is 1. The molecule has 0 atom stereocenters. The Morgan fingerprint density at radius 1 is 1.48 bits per heavy atom. The molecule has 112 valence electrons. The zero-order chi connectivity index (χ0) is 15.2. The molecule has 0 radical (unpaired) electrons. The third-order valence-corrected chi connectivity index (χ3v) is 3.67. The third kappa shape index (κ3) is 3.96. The van der Waals surface area contributed by atoms with Gasteiger partial charge in [-0.2, -0.15) is 5.26 Å². The Morgan fingerprint density at radius 2 is 2.24 bits per heavy atom. The summed E-state index contributed by atoms with van der Waals surface area (Å²) in [6, 6.07) is 7.01. The number of carbonyl (C=O) groups is 1. The SMILES string of the molecule is CCOC1CC(CC(=O)Nc2ccc(C#N)cc2OC)C1. The highest BCUT2D eigenvalue weighted by atomic mass is 16.5. The van der Waals surface area contributed by atoms with Crippen LogP contribution in [0.15, 0.2) is 18.2 Å². The van der Waals surface area contributed by atoms with Crippen molar-refractivity contribution in [3.8, 4) is 11.8 Å². The third-order valence-electron chi connectivity index (χ3n) is 3.67. The van der Waals surface area contributed by atoms with Gasteiger partial charge in [-0.3, -0.25) is 4.79 Å². The Hall–Kier alpha value is -2.06. The van der Waals surface area contributed by atoms with E-state index in [-0.39, 0.29) is 5.91 Å². The second-order valence-corrected chi connectivity index (χ2v) is 5.19. The summed E-state index contributed by atoms with van der Waals surface area (Å²) in [6.45, 7) is 2.71. The summed E-state index contributed by atoms with van der Waals surface area (Å²) in [5.74, 6) is 0.868. The van der Waals surface area contributed by atoms with Crippen LogP contribution in [0.5, 0.6) is 5.75 Å². The number of hydrogen-bond acceptors (Lipinski definition) is 4. The van der Waals surface area contributed by atoms with Gasteiger partial charge in [0.25, 0.3) is 0 Å². The number of carbonyl (C=O) groups excluding carboxylic acids is 1. The lowest BCUT2D eigenvalue weighted by Gasteiger charge is -2.34. The van der Waals surface area contributed by atoms with Crippen molar-refractivity contribution < 1.29 is 14.3 Å². The first-order chi connectivity index (χ1) is 10.2. The molecule has 1 aliphatic rings. The molecule has 1 aliphatic carbocycles. The van der Waals surface area contributed by atoms with Crippen molar-refractivity contribution in [3.63, 3.8) is 0 Å². The van der Waals surface area contributed by atoms with Gasteiger partial charge in [0.15, 0.2) is 0 Å². The first-order valence-electron chi connectivity index (χ1n) is 7.15. The zero-order valence-corrected chi connectivity index (χ0v) is 12.4. The largest absolute Gasteiger partial charge is 0.495 e. The van der Waals surface area contributed by atoms with Crippen LogP contribution in [0.1, 0.15) is 31.7 Å². The molecule has 0 saturated heterocycles. The molecule has 5 heteroatoms. The van der Waals surface area contributed by atoms with E-state index in [9.17, 15) is 4.79 Å². The number of nitrogens with zero attached hydrogens (tertiary/aromatic N) is 1. The standard InChI is InChI=1S/C16H20N2O3/c1-3-21-13-6-12(7-13)9-16(19)18-14-5-4-11(10-17)8-15(14)20-2/h4-5,8,12-13H,3,6-7,9H2,1-2H3,(H,18,19). The van der Waals surface area contributed by atoms with Gasteiger partial charge in [0.05, 0.1) is 30.5 Å². The molecule has 1 aromatic carbocycles. The van der Waals surface area contributed by atoms with Crippen LogP contribution in [0.4, 0.5) is 5.69 Å². The molecule has 0 aliphatic heterocycles. The highest BCUT2D eigenvalue weighted by molar-refractivity contribution is 5.92. The minimum atomic E-state index is -0.0297. The predicted octanol–water partition coefficient (Wildman–Crippen LogP) is 2.71. The molecule has 1 saturated carbocycles. The second kappa shape index (κ2) is 7.09. The van der Waals surface area contributed by atoms with E-state index < -0.39 is 0 Å². The Morgan fingerprint density at radius 3 is 2.86 bits per heavy atom. The number of methoxy groups -OCH3 is 1. The number of hydrogen-bond donors (Lipinski definition) is 1. The van der Waals surface area contributed by atoms with Crippen LogP contribution in [-0.2, 0) is 9.53 Å². The molecule has 1 fully saturated rings. The van der Waals surface area contributed by atoms with Gasteiger partial charge in [-0.05, 0) is 37.8 Å². The molecule has 5 nitrogen and oxygen atoms in total. The van der Waals surface area contributed by atoms with E-state index in [2.05, 4.69) is 5.32 Å². The molecule has 0 unspecified atom stereocenters. The molecular weight excluding hydrogens is 268 g/mol. The monoisotopic (exact) mass is 288 g/mol. The van der Waals surface area contributed by atoms with Crippen LogP contribution in [0, 0.1) is 17.2 Å². The fourth-order valence-electron chi connectivity index (χ4n) is 2.54. The Bertz CT molecular complexity index is 545. The second-order valence-electron chi connectivity index (χ2n) is 5.19. The van der Waals surface area contributed by atoms with Crippen LogP contribution in [-0.4, -0.2) is 25.7 Å². The number of ether oxygens (including phenoxy) is 2. The van der Waals surface area contributed by atoms with Gasteiger partial charge in [0, 0.05) is 19.1 Å². The van der Waals surface area contributed by atoms with Crippen molar-refractivity contribution >= 4 is 11.6 Å². The lowest BCUT2D eigenvalue weighted by Crippen LogP contribution is -2.33. The highest BCUT2D eigenvalue weighted by Gasteiger charge is 2.31. The molecule has 0 spiro atoms. The predicted molar refractivity (Wildman–Crippen MR) is 79.1 cm³/mol. The quantitative estimate of drug-likeness (QED) is 0.873. The van der Waals surface area contributed by atoms with Gasteiger partial charge in [-0.15, -0.1) is 0 Å². The maximum Gasteiger partial charge on any atom is 0.224 e. The van der Waals surface area contributed by atoms with E-state index in [0.717, 1.165) is 19.4 Å². The number of benzene rings is 1. The van der Waals surface area contributed by atoms with E-state index >= 15 is 0 Å². The average Bonchev–Trinajstić information content (AvgIpc) is 2.45. The fourth-order valence-corrected chi connectivity index (χ4v) is 2.54. The Kier molecular flexibility index (Phi) is 5.18. The zero-order valence-electron chi connectivity index (χ0n) is 12.4. The summed E-state index contributed by atoms with van der Waals surface area (Å²) in [6.07, 6.45) is 2.71. The summed E-state index contributed by atoms with van der Waals surface area (Å²) in [5.41, 5.74) is 1.10. The number of rotatable bonds is 6. The minimum absolute atomic E-state index is 0.0297. The first-order valence-corrected chi connectivity index (χ1v) is 7.15. The summed E-state index contributed by atoms with van der Waals surface area (Å²) in [4.78, 5) is 12.0. The number of amides is 1. The number of nitrogens with one attached hydrogen (secondary N) is 1. The topological polar surface area (TPSA) is 71.3 Å². The maximum atomic E-state index is 12.0. The van der Waals surface area contributed by atoms with Crippen molar-refractivity contribution in [2.24, 2.45) is 5.92 Å². The van der Waals surface area contributed by atoms with E-state index in [0.29, 0.717) is 35.4 Å². The van der Waals surface area contributed by atoms with Crippen LogP contribution in [0.3, 0.4) is 0 Å². The summed E-state index contributed by atoms with van der Waals surface area (Å²) >= 11 is 0. The van der Waals surface area contributed by atoms with E-state index in [1.165, 1.54) is 7.11 Å². The van der Waals surface area contributed by atoms with E-state index in [1.807, 2.05) is 13.0 Å². The Labute approximate surface area is 124 Å². The summed E-state index contributed by atoms with van der Waals surface area (Å²) in [7, 11) is 1.52. The van der Waals surface area contributed by atoms with Crippen molar-refractivity contribution in [3.05, 3.63) is 23.8 Å². The van der Waals surface area contributed by atoms with Crippen molar-refractivity contribution in [1.82, 2.24) is 0 Å². The molecule has 1 N–H and O–H groups in total. The van der Waals surface area contributed by atoms with Gasteiger partial charge in [-0.25, -0.2) is 0 Å². The van der Waals surface area contributed by atoms with Gasteiger partial charge in [0.1, 0.15) is 5.75 Å². The molecule has 0 aromatic heterocycles. The lowest BCUT2D eigenvalue weighted by molar-refractivity contribution is -0.119. The van der Waals surface area contributed by atoms with Gasteiger partial charge in [-0.1, -0.05) is 0 Å². The van der Waals surface area contributed by atoms with E-state index in [1.54, 1.807) is 18.2 Å². The van der Waals surface area contributed by atoms with Crippen LogP contribution in [0.2, 0.25) is 0 Å².